The monoisotopic (exact) mass is 450 g/mol. The topological polar surface area (TPSA) is 108 Å². The fourth-order valence-electron chi connectivity index (χ4n) is 4.08. The third kappa shape index (κ3) is 4.36. The van der Waals surface area contributed by atoms with Crippen LogP contribution in [0.3, 0.4) is 0 Å². The number of pyridine rings is 1. The zero-order valence-electron chi connectivity index (χ0n) is 17.5. The number of anilines is 1. The van der Waals surface area contributed by atoms with E-state index in [1.165, 1.54) is 6.07 Å². The van der Waals surface area contributed by atoms with Gasteiger partial charge in [-0.3, -0.25) is 9.78 Å². The molecule has 0 aliphatic carbocycles. The van der Waals surface area contributed by atoms with E-state index in [9.17, 15) is 13.6 Å². The van der Waals surface area contributed by atoms with Gasteiger partial charge in [-0.15, -0.1) is 0 Å². The van der Waals surface area contributed by atoms with Gasteiger partial charge in [-0.25, -0.2) is 23.7 Å². The van der Waals surface area contributed by atoms with E-state index in [2.05, 4.69) is 29.8 Å². The molecular formula is C23H20F2N6O2. The third-order valence-corrected chi connectivity index (χ3v) is 5.84. The summed E-state index contributed by atoms with van der Waals surface area (Å²) in [5.41, 5.74) is 2.40. The Morgan fingerprint density at radius 1 is 1.06 bits per heavy atom. The molecule has 0 bridgehead atoms. The van der Waals surface area contributed by atoms with Crippen molar-refractivity contribution in [1.29, 1.82) is 0 Å². The van der Waals surface area contributed by atoms with Gasteiger partial charge in [0.05, 0.1) is 11.2 Å². The number of carboxylic acid groups (broad SMARTS) is 1. The molecule has 5 rings (SSSR count). The molecule has 1 aliphatic heterocycles. The summed E-state index contributed by atoms with van der Waals surface area (Å²) in [5, 5.41) is 8.95. The molecule has 1 fully saturated rings. The Kier molecular flexibility index (Phi) is 5.41. The molecule has 4 aromatic rings. The van der Waals surface area contributed by atoms with Crippen LogP contribution in [0, 0.1) is 17.6 Å². The molecule has 2 N–H and O–H groups in total. The Bertz CT molecular complexity index is 1300. The molecule has 0 amide bonds. The number of nitrogens with zero attached hydrogens (tertiary/aromatic N) is 5. The van der Waals surface area contributed by atoms with Crippen molar-refractivity contribution in [2.75, 3.05) is 18.0 Å². The van der Waals surface area contributed by atoms with Crippen LogP contribution in [-0.4, -0.2) is 49.1 Å². The maximum atomic E-state index is 13.9. The lowest BCUT2D eigenvalue weighted by Gasteiger charge is -2.31. The molecule has 0 atom stereocenters. The lowest BCUT2D eigenvalue weighted by atomic mass is 9.94. The van der Waals surface area contributed by atoms with Crippen LogP contribution < -0.4 is 4.90 Å². The Balaban J connectivity index is 1.29. The maximum absolute atomic E-state index is 13.9. The Morgan fingerprint density at radius 2 is 1.79 bits per heavy atom. The number of fused-ring (bicyclic) bond motifs is 1. The molecule has 3 aromatic heterocycles. The van der Waals surface area contributed by atoms with E-state index in [1.807, 2.05) is 0 Å². The zero-order valence-corrected chi connectivity index (χ0v) is 17.5. The predicted octanol–water partition coefficient (Wildman–Crippen LogP) is 4.05. The number of carbonyl (C=O) groups is 1. The van der Waals surface area contributed by atoms with Crippen molar-refractivity contribution in [3.05, 3.63) is 54.5 Å². The highest BCUT2D eigenvalue weighted by atomic mass is 19.1. The highest BCUT2D eigenvalue weighted by Gasteiger charge is 2.22. The zero-order chi connectivity index (χ0) is 22.9. The number of aromatic nitrogens is 5. The molecule has 33 heavy (non-hydrogen) atoms. The van der Waals surface area contributed by atoms with Crippen LogP contribution in [-0.2, 0) is 4.79 Å². The van der Waals surface area contributed by atoms with Gasteiger partial charge in [0.2, 0.25) is 5.95 Å². The number of benzene rings is 1. The van der Waals surface area contributed by atoms with Crippen LogP contribution in [0.2, 0.25) is 0 Å². The molecule has 0 saturated carbocycles. The second kappa shape index (κ2) is 8.53. The molecule has 1 aromatic carbocycles. The van der Waals surface area contributed by atoms with Gasteiger partial charge >= 0.3 is 5.97 Å². The van der Waals surface area contributed by atoms with Gasteiger partial charge < -0.3 is 15.0 Å². The summed E-state index contributed by atoms with van der Waals surface area (Å²) in [4.78, 5) is 33.4. The first-order valence-electron chi connectivity index (χ1n) is 10.6. The van der Waals surface area contributed by atoms with Crippen molar-refractivity contribution in [3.8, 4) is 22.6 Å². The van der Waals surface area contributed by atoms with Crippen LogP contribution in [0.5, 0.6) is 0 Å². The minimum Gasteiger partial charge on any atom is -0.481 e. The Labute approximate surface area is 187 Å². The molecule has 8 nitrogen and oxygen atoms in total. The van der Waals surface area contributed by atoms with Crippen LogP contribution in [0.15, 0.2) is 42.9 Å². The highest BCUT2D eigenvalue weighted by molar-refractivity contribution is 5.80. The van der Waals surface area contributed by atoms with E-state index in [-0.39, 0.29) is 23.4 Å². The van der Waals surface area contributed by atoms with Crippen molar-refractivity contribution in [2.24, 2.45) is 5.92 Å². The molecule has 10 heteroatoms. The first kappa shape index (κ1) is 20.9. The smallest absolute Gasteiger partial charge is 0.303 e. The summed E-state index contributed by atoms with van der Waals surface area (Å²) in [6.07, 6.45) is 6.81. The minimum atomic E-state index is -0.756. The number of H-pyrrole nitrogens is 1. The Hall–Kier alpha value is -3.95. The van der Waals surface area contributed by atoms with E-state index in [0.717, 1.165) is 37.6 Å². The SMILES string of the molecule is O=C(O)CC1CCN(c2ncc(-c3ccc(-c4nc5c(F)cc(F)cc5[nH]4)cn3)cn2)CC1. The largest absolute Gasteiger partial charge is 0.481 e. The molecule has 0 unspecified atom stereocenters. The molecule has 0 radical (unpaired) electrons. The van der Waals surface area contributed by atoms with E-state index >= 15 is 0 Å². The first-order chi connectivity index (χ1) is 16.0. The number of aromatic amines is 1. The summed E-state index contributed by atoms with van der Waals surface area (Å²) in [7, 11) is 0. The number of piperidine rings is 1. The number of carboxylic acids is 1. The van der Waals surface area contributed by atoms with Crippen molar-refractivity contribution in [2.45, 2.75) is 19.3 Å². The van der Waals surface area contributed by atoms with Gasteiger partial charge in [-0.2, -0.15) is 0 Å². The van der Waals surface area contributed by atoms with Crippen molar-refractivity contribution in [3.63, 3.8) is 0 Å². The predicted molar refractivity (Wildman–Crippen MR) is 117 cm³/mol. The van der Waals surface area contributed by atoms with Gasteiger partial charge in [0.1, 0.15) is 17.2 Å². The van der Waals surface area contributed by atoms with Crippen molar-refractivity contribution in [1.82, 2.24) is 24.9 Å². The molecular weight excluding hydrogens is 430 g/mol. The van der Waals surface area contributed by atoms with Crippen LogP contribution >= 0.6 is 0 Å². The highest BCUT2D eigenvalue weighted by Crippen LogP contribution is 2.26. The average Bonchev–Trinajstić information content (AvgIpc) is 3.24. The summed E-state index contributed by atoms with van der Waals surface area (Å²) in [6, 6.07) is 5.57. The van der Waals surface area contributed by atoms with Gasteiger partial charge in [-0.1, -0.05) is 0 Å². The van der Waals surface area contributed by atoms with Crippen LogP contribution in [0.4, 0.5) is 14.7 Å². The average molecular weight is 450 g/mol. The Morgan fingerprint density at radius 3 is 2.45 bits per heavy atom. The second-order valence-electron chi connectivity index (χ2n) is 8.10. The first-order valence-corrected chi connectivity index (χ1v) is 10.6. The number of rotatable bonds is 5. The van der Waals surface area contributed by atoms with Crippen LogP contribution in [0.25, 0.3) is 33.7 Å². The summed E-state index contributed by atoms with van der Waals surface area (Å²) >= 11 is 0. The van der Waals surface area contributed by atoms with E-state index in [1.54, 1.807) is 30.7 Å². The molecule has 1 saturated heterocycles. The van der Waals surface area contributed by atoms with E-state index in [4.69, 9.17) is 5.11 Å². The number of halogens is 2. The van der Waals surface area contributed by atoms with Gasteiger partial charge in [0.15, 0.2) is 5.82 Å². The van der Waals surface area contributed by atoms with Crippen LogP contribution in [0.1, 0.15) is 19.3 Å². The summed E-state index contributed by atoms with van der Waals surface area (Å²) in [6.45, 7) is 1.46. The molecule has 168 valence electrons. The van der Waals surface area contributed by atoms with E-state index in [0.29, 0.717) is 23.0 Å². The quantitative estimate of drug-likeness (QED) is 0.472. The van der Waals surface area contributed by atoms with Gasteiger partial charge in [-0.05, 0) is 37.0 Å². The normalized spacial score (nSPS) is 14.7. The van der Waals surface area contributed by atoms with E-state index < -0.39 is 17.6 Å². The summed E-state index contributed by atoms with van der Waals surface area (Å²) < 4.78 is 27.3. The van der Waals surface area contributed by atoms with Crippen molar-refractivity contribution >= 4 is 23.0 Å². The summed E-state index contributed by atoms with van der Waals surface area (Å²) in [5.74, 6) is -0.943. The number of hydrogen-bond donors (Lipinski definition) is 2. The van der Waals surface area contributed by atoms with Gasteiger partial charge in [0.25, 0.3) is 0 Å². The second-order valence-corrected chi connectivity index (χ2v) is 8.10. The number of nitrogens with one attached hydrogen (secondary N) is 1. The minimum absolute atomic E-state index is 0.0754. The fourth-order valence-corrected chi connectivity index (χ4v) is 4.08. The fraction of sp³-hybridized carbons (Fsp3) is 0.261. The standard InChI is InChI=1S/C23H20F2N6O2/c24-16-8-17(25)21-19(9-16)29-22(30-21)14-1-2-18(26-10-14)15-11-27-23(28-12-15)31-5-3-13(4-6-31)7-20(32)33/h1-2,8-13H,3-7H2,(H,29,30)(H,32,33). The van der Waals surface area contributed by atoms with Gasteiger partial charge in [0, 0.05) is 55.3 Å². The molecule has 1 aliphatic rings. The molecule has 0 spiro atoms. The number of hydrogen-bond acceptors (Lipinski definition) is 6. The van der Waals surface area contributed by atoms with Crippen molar-refractivity contribution < 1.29 is 18.7 Å². The number of imidazole rings is 1. The molecule has 4 heterocycles. The lowest BCUT2D eigenvalue weighted by molar-refractivity contribution is -0.138. The third-order valence-electron chi connectivity index (χ3n) is 5.84. The lowest BCUT2D eigenvalue weighted by Crippen LogP contribution is -2.35. The maximum Gasteiger partial charge on any atom is 0.303 e. The number of aliphatic carboxylic acids is 1.